The molecule has 0 aliphatic carbocycles. The average Bonchev–Trinajstić information content (AvgIpc) is 3.09. The number of carbonyl (C=O) groups is 2. The van der Waals surface area contributed by atoms with Crippen molar-refractivity contribution in [2.75, 3.05) is 11.5 Å². The standard InChI is InChI=1S/C16H17NO5S/c1-10(22-16(19)11-6-7-23(20,21)9-11)15(18)13-8-17-14-5-3-2-4-12(13)14/h2-5,8,10-11,17H,6-7,9H2,1H3/t10-,11+/m0/s1. The number of carbonyl (C=O) groups excluding carboxylic acids is 2. The average molecular weight is 335 g/mol. The number of para-hydroxylation sites is 1. The highest BCUT2D eigenvalue weighted by molar-refractivity contribution is 7.91. The van der Waals surface area contributed by atoms with Crippen LogP contribution in [0.1, 0.15) is 23.7 Å². The van der Waals surface area contributed by atoms with Crippen molar-refractivity contribution < 1.29 is 22.7 Å². The molecule has 7 heteroatoms. The zero-order valence-corrected chi connectivity index (χ0v) is 13.4. The molecule has 23 heavy (non-hydrogen) atoms. The smallest absolute Gasteiger partial charge is 0.310 e. The molecule has 0 saturated carbocycles. The van der Waals surface area contributed by atoms with Gasteiger partial charge in [-0.15, -0.1) is 0 Å². The highest BCUT2D eigenvalue weighted by atomic mass is 32.2. The third-order valence-electron chi connectivity index (χ3n) is 4.08. The van der Waals surface area contributed by atoms with E-state index >= 15 is 0 Å². The topological polar surface area (TPSA) is 93.3 Å². The molecule has 3 rings (SSSR count). The molecule has 1 aliphatic rings. The summed E-state index contributed by atoms with van der Waals surface area (Å²) < 4.78 is 28.0. The van der Waals surface area contributed by atoms with E-state index in [2.05, 4.69) is 4.98 Å². The molecule has 0 radical (unpaired) electrons. The predicted molar refractivity (Wildman–Crippen MR) is 84.9 cm³/mol. The molecule has 0 amide bonds. The van der Waals surface area contributed by atoms with Crippen LogP contribution in [0.15, 0.2) is 30.5 Å². The number of esters is 1. The van der Waals surface area contributed by atoms with Crippen LogP contribution in [0.5, 0.6) is 0 Å². The maximum Gasteiger partial charge on any atom is 0.310 e. The number of sulfone groups is 1. The number of nitrogens with one attached hydrogen (secondary N) is 1. The van der Waals surface area contributed by atoms with Gasteiger partial charge >= 0.3 is 5.97 Å². The van der Waals surface area contributed by atoms with Gasteiger partial charge in [-0.2, -0.15) is 0 Å². The van der Waals surface area contributed by atoms with Crippen LogP contribution in [-0.4, -0.2) is 42.8 Å². The third kappa shape index (κ3) is 3.14. The first kappa shape index (κ1) is 15.7. The van der Waals surface area contributed by atoms with E-state index in [9.17, 15) is 18.0 Å². The monoisotopic (exact) mass is 335 g/mol. The molecule has 0 unspecified atom stereocenters. The summed E-state index contributed by atoms with van der Waals surface area (Å²) in [4.78, 5) is 27.5. The van der Waals surface area contributed by atoms with Gasteiger partial charge in [0.25, 0.3) is 0 Å². The van der Waals surface area contributed by atoms with Gasteiger partial charge in [-0.05, 0) is 19.4 Å². The summed E-state index contributed by atoms with van der Waals surface area (Å²) in [6.45, 7) is 1.51. The number of rotatable bonds is 4. The fraction of sp³-hybridized carbons (Fsp3) is 0.375. The Bertz CT molecular complexity index is 867. The number of ketones is 1. The Balaban J connectivity index is 1.72. The number of fused-ring (bicyclic) bond motifs is 1. The number of Topliss-reactive ketones (excluding diaryl/α,β-unsaturated/α-hetero) is 1. The Labute approximate surface area is 133 Å². The molecule has 0 spiro atoms. The van der Waals surface area contributed by atoms with Crippen molar-refractivity contribution in [1.82, 2.24) is 4.98 Å². The van der Waals surface area contributed by atoms with Gasteiger partial charge < -0.3 is 9.72 Å². The van der Waals surface area contributed by atoms with E-state index in [4.69, 9.17) is 4.74 Å². The normalized spacial score (nSPS) is 21.2. The number of aromatic nitrogens is 1. The van der Waals surface area contributed by atoms with Crippen molar-refractivity contribution in [2.24, 2.45) is 5.92 Å². The van der Waals surface area contributed by atoms with Crippen LogP contribution in [0.3, 0.4) is 0 Å². The fourth-order valence-electron chi connectivity index (χ4n) is 2.80. The molecular formula is C16H17NO5S. The molecule has 1 aromatic carbocycles. The van der Waals surface area contributed by atoms with Crippen LogP contribution in [-0.2, 0) is 19.4 Å². The Morgan fingerprint density at radius 2 is 2.04 bits per heavy atom. The molecule has 1 N–H and O–H groups in total. The summed E-state index contributed by atoms with van der Waals surface area (Å²) in [5.74, 6) is -1.79. The molecule has 122 valence electrons. The highest BCUT2D eigenvalue weighted by Crippen LogP contribution is 2.23. The SMILES string of the molecule is C[C@H](OC(=O)[C@@H]1CCS(=O)(=O)C1)C(=O)c1c[nH]c2ccccc12. The summed E-state index contributed by atoms with van der Waals surface area (Å²) >= 11 is 0. The summed E-state index contributed by atoms with van der Waals surface area (Å²) in [5, 5.41) is 0.767. The van der Waals surface area contributed by atoms with Crippen LogP contribution in [0.4, 0.5) is 0 Å². The van der Waals surface area contributed by atoms with E-state index < -0.39 is 27.8 Å². The first-order valence-electron chi connectivity index (χ1n) is 7.38. The predicted octanol–water partition coefficient (Wildman–Crippen LogP) is 1.72. The van der Waals surface area contributed by atoms with Crippen LogP contribution in [0, 0.1) is 5.92 Å². The number of H-pyrrole nitrogens is 1. The molecule has 1 aliphatic heterocycles. The molecule has 1 saturated heterocycles. The Morgan fingerprint density at radius 1 is 1.30 bits per heavy atom. The van der Waals surface area contributed by atoms with Crippen molar-refractivity contribution in [3.8, 4) is 0 Å². The van der Waals surface area contributed by atoms with E-state index in [0.29, 0.717) is 5.56 Å². The first-order chi connectivity index (χ1) is 10.9. The van der Waals surface area contributed by atoms with Crippen molar-refractivity contribution in [1.29, 1.82) is 0 Å². The van der Waals surface area contributed by atoms with Gasteiger partial charge in [-0.3, -0.25) is 9.59 Å². The van der Waals surface area contributed by atoms with Crippen LogP contribution in [0.2, 0.25) is 0 Å². The van der Waals surface area contributed by atoms with Crippen LogP contribution < -0.4 is 0 Å². The van der Waals surface area contributed by atoms with Crippen molar-refractivity contribution >= 4 is 32.5 Å². The van der Waals surface area contributed by atoms with Gasteiger partial charge in [-0.25, -0.2) is 8.42 Å². The van der Waals surface area contributed by atoms with E-state index in [1.54, 1.807) is 6.20 Å². The summed E-state index contributed by atoms with van der Waals surface area (Å²) in [5.41, 5.74) is 1.29. The van der Waals surface area contributed by atoms with E-state index in [1.807, 2.05) is 24.3 Å². The number of benzene rings is 1. The minimum Gasteiger partial charge on any atom is -0.454 e. The lowest BCUT2D eigenvalue weighted by atomic mass is 10.1. The number of aromatic amines is 1. The van der Waals surface area contributed by atoms with Gasteiger partial charge in [0.1, 0.15) is 0 Å². The van der Waals surface area contributed by atoms with Crippen molar-refractivity contribution in [3.63, 3.8) is 0 Å². The minimum absolute atomic E-state index is 0.00244. The van der Waals surface area contributed by atoms with Gasteiger partial charge in [0, 0.05) is 22.7 Å². The maximum atomic E-state index is 12.5. The lowest BCUT2D eigenvalue weighted by Gasteiger charge is -2.14. The van der Waals surface area contributed by atoms with Crippen LogP contribution in [0.25, 0.3) is 10.9 Å². The molecule has 2 aromatic rings. The largest absolute Gasteiger partial charge is 0.454 e. The van der Waals surface area contributed by atoms with Gasteiger partial charge in [0.2, 0.25) is 5.78 Å². The van der Waals surface area contributed by atoms with E-state index in [-0.39, 0.29) is 23.7 Å². The summed E-state index contributed by atoms with van der Waals surface area (Å²) in [6.07, 6.45) is 0.900. The zero-order chi connectivity index (χ0) is 16.6. The lowest BCUT2D eigenvalue weighted by Crippen LogP contribution is -2.28. The van der Waals surface area contributed by atoms with E-state index in [1.165, 1.54) is 6.92 Å². The lowest BCUT2D eigenvalue weighted by molar-refractivity contribution is -0.150. The molecule has 1 fully saturated rings. The molecular weight excluding hydrogens is 318 g/mol. The van der Waals surface area contributed by atoms with Crippen molar-refractivity contribution in [2.45, 2.75) is 19.4 Å². The Kier molecular flexibility index (Phi) is 3.97. The maximum absolute atomic E-state index is 12.5. The first-order valence-corrected chi connectivity index (χ1v) is 9.21. The minimum atomic E-state index is -3.16. The van der Waals surface area contributed by atoms with Crippen molar-refractivity contribution in [3.05, 3.63) is 36.0 Å². The fourth-order valence-corrected chi connectivity index (χ4v) is 4.53. The van der Waals surface area contributed by atoms with E-state index in [0.717, 1.165) is 10.9 Å². The van der Waals surface area contributed by atoms with Gasteiger partial charge in [0.15, 0.2) is 15.9 Å². The molecule has 2 heterocycles. The second-order valence-electron chi connectivity index (χ2n) is 5.79. The molecule has 1 aromatic heterocycles. The molecule has 2 atom stereocenters. The number of ether oxygens (including phenoxy) is 1. The third-order valence-corrected chi connectivity index (χ3v) is 5.85. The number of hydrogen-bond acceptors (Lipinski definition) is 5. The van der Waals surface area contributed by atoms with Crippen LogP contribution >= 0.6 is 0 Å². The summed E-state index contributed by atoms with van der Waals surface area (Å²) in [6, 6.07) is 7.35. The quantitative estimate of drug-likeness (QED) is 0.678. The van der Waals surface area contributed by atoms with Gasteiger partial charge in [-0.1, -0.05) is 18.2 Å². The summed E-state index contributed by atoms with van der Waals surface area (Å²) in [7, 11) is -3.16. The second kappa shape index (κ2) is 5.81. The Morgan fingerprint density at radius 3 is 2.74 bits per heavy atom. The Hall–Kier alpha value is -2.15. The highest BCUT2D eigenvalue weighted by Gasteiger charge is 2.35. The zero-order valence-electron chi connectivity index (χ0n) is 12.6. The second-order valence-corrected chi connectivity index (χ2v) is 8.02. The number of hydrogen-bond donors (Lipinski definition) is 1. The molecule has 6 nitrogen and oxygen atoms in total. The molecule has 0 bridgehead atoms. The van der Waals surface area contributed by atoms with Gasteiger partial charge in [0.05, 0.1) is 17.4 Å².